The summed E-state index contributed by atoms with van der Waals surface area (Å²) in [5.74, 6) is 0. The standard InChI is InChI=1S/C8H13NO/c1-7(2,3)8(4-9)5-10-6-8/h5-6H2,1-3H3. The van der Waals surface area contributed by atoms with Crippen LogP contribution in [-0.2, 0) is 4.74 Å². The van der Waals surface area contributed by atoms with Gasteiger partial charge in [0.1, 0.15) is 5.41 Å². The number of nitrogens with zero attached hydrogens (tertiary/aromatic N) is 1. The van der Waals surface area contributed by atoms with Crippen LogP contribution >= 0.6 is 0 Å². The highest BCUT2D eigenvalue weighted by Gasteiger charge is 2.48. The fourth-order valence-electron chi connectivity index (χ4n) is 0.971. The minimum atomic E-state index is -0.215. The van der Waals surface area contributed by atoms with Gasteiger partial charge < -0.3 is 4.74 Å². The molecule has 1 fully saturated rings. The molecule has 0 atom stereocenters. The van der Waals surface area contributed by atoms with Crippen molar-refractivity contribution in [2.24, 2.45) is 10.8 Å². The lowest BCUT2D eigenvalue weighted by Gasteiger charge is -2.45. The van der Waals surface area contributed by atoms with Crippen molar-refractivity contribution >= 4 is 0 Å². The maximum absolute atomic E-state index is 8.84. The van der Waals surface area contributed by atoms with Crippen molar-refractivity contribution in [1.29, 1.82) is 5.26 Å². The number of hydrogen-bond acceptors (Lipinski definition) is 2. The molecule has 10 heavy (non-hydrogen) atoms. The second kappa shape index (κ2) is 1.96. The van der Waals surface area contributed by atoms with Gasteiger partial charge in [-0.15, -0.1) is 0 Å². The van der Waals surface area contributed by atoms with Crippen molar-refractivity contribution in [3.8, 4) is 6.07 Å². The SMILES string of the molecule is CC(C)(C)C1(C#N)COC1. The van der Waals surface area contributed by atoms with Crippen LogP contribution in [0.2, 0.25) is 0 Å². The zero-order valence-corrected chi connectivity index (χ0v) is 6.77. The summed E-state index contributed by atoms with van der Waals surface area (Å²) >= 11 is 0. The lowest BCUT2D eigenvalue weighted by atomic mass is 9.66. The molecule has 0 unspecified atom stereocenters. The Hall–Kier alpha value is -0.550. The quantitative estimate of drug-likeness (QED) is 0.510. The van der Waals surface area contributed by atoms with E-state index < -0.39 is 0 Å². The molecule has 0 aromatic heterocycles. The zero-order chi connectivity index (χ0) is 7.83. The van der Waals surface area contributed by atoms with E-state index in [0.717, 1.165) is 0 Å². The molecule has 1 heterocycles. The molecule has 0 N–H and O–H groups in total. The average molecular weight is 139 g/mol. The molecule has 0 aliphatic carbocycles. The molecule has 0 aromatic rings. The third kappa shape index (κ3) is 0.819. The van der Waals surface area contributed by atoms with Gasteiger partial charge in [0.05, 0.1) is 19.3 Å². The maximum atomic E-state index is 8.84. The highest BCUT2D eigenvalue weighted by Crippen LogP contribution is 2.43. The van der Waals surface area contributed by atoms with Gasteiger partial charge in [-0.3, -0.25) is 0 Å². The van der Waals surface area contributed by atoms with Crippen molar-refractivity contribution < 1.29 is 4.74 Å². The molecule has 2 heteroatoms. The van der Waals surface area contributed by atoms with Crippen molar-refractivity contribution in [1.82, 2.24) is 0 Å². The fourth-order valence-corrected chi connectivity index (χ4v) is 0.971. The Morgan fingerprint density at radius 2 is 1.90 bits per heavy atom. The highest BCUT2D eigenvalue weighted by atomic mass is 16.5. The third-order valence-corrected chi connectivity index (χ3v) is 2.35. The predicted octanol–water partition coefficient (Wildman–Crippen LogP) is 1.57. The summed E-state index contributed by atoms with van der Waals surface area (Å²) in [5, 5.41) is 8.84. The van der Waals surface area contributed by atoms with Crippen LogP contribution in [-0.4, -0.2) is 13.2 Å². The Kier molecular flexibility index (Phi) is 1.48. The van der Waals surface area contributed by atoms with Gasteiger partial charge in [0.15, 0.2) is 0 Å². The number of hydrogen-bond donors (Lipinski definition) is 0. The van der Waals surface area contributed by atoms with Crippen molar-refractivity contribution in [3.63, 3.8) is 0 Å². The topological polar surface area (TPSA) is 33.0 Å². The lowest BCUT2D eigenvalue weighted by molar-refractivity contribution is -0.132. The summed E-state index contributed by atoms with van der Waals surface area (Å²) in [4.78, 5) is 0. The van der Waals surface area contributed by atoms with Crippen LogP contribution in [0.25, 0.3) is 0 Å². The van der Waals surface area contributed by atoms with Gasteiger partial charge in [-0.05, 0) is 5.41 Å². The summed E-state index contributed by atoms with van der Waals surface area (Å²) in [6, 6.07) is 2.33. The average Bonchev–Trinajstić information content (AvgIpc) is 1.58. The van der Waals surface area contributed by atoms with E-state index in [-0.39, 0.29) is 10.8 Å². The lowest BCUT2D eigenvalue weighted by Crippen LogP contribution is -2.50. The van der Waals surface area contributed by atoms with Gasteiger partial charge >= 0.3 is 0 Å². The number of ether oxygens (including phenoxy) is 1. The van der Waals surface area contributed by atoms with Gasteiger partial charge in [0.25, 0.3) is 0 Å². The first-order valence-electron chi connectivity index (χ1n) is 3.51. The maximum Gasteiger partial charge on any atom is 0.109 e. The summed E-state index contributed by atoms with van der Waals surface area (Å²) in [5.41, 5.74) is -0.160. The van der Waals surface area contributed by atoms with Crippen LogP contribution in [0.1, 0.15) is 20.8 Å². The van der Waals surface area contributed by atoms with Crippen LogP contribution in [0, 0.1) is 22.2 Å². The van der Waals surface area contributed by atoms with Crippen molar-refractivity contribution in [3.05, 3.63) is 0 Å². The molecule has 56 valence electrons. The zero-order valence-electron chi connectivity index (χ0n) is 6.77. The number of nitriles is 1. The summed E-state index contributed by atoms with van der Waals surface area (Å²) in [6.45, 7) is 7.45. The molecule has 0 saturated carbocycles. The monoisotopic (exact) mass is 139 g/mol. The first-order valence-corrected chi connectivity index (χ1v) is 3.51. The molecular weight excluding hydrogens is 126 g/mol. The Labute approximate surface area is 61.8 Å². The molecule has 0 aromatic carbocycles. The molecule has 0 spiro atoms. The Balaban J connectivity index is 2.77. The second-order valence-electron chi connectivity index (χ2n) is 3.94. The molecule has 1 rings (SSSR count). The van der Waals surface area contributed by atoms with Gasteiger partial charge in [-0.2, -0.15) is 5.26 Å². The molecule has 2 nitrogen and oxygen atoms in total. The molecule has 0 radical (unpaired) electrons. The largest absolute Gasteiger partial charge is 0.378 e. The Morgan fingerprint density at radius 1 is 1.40 bits per heavy atom. The molecule has 1 aliphatic rings. The predicted molar refractivity (Wildman–Crippen MR) is 38.3 cm³/mol. The Morgan fingerprint density at radius 3 is 1.90 bits per heavy atom. The minimum Gasteiger partial charge on any atom is -0.378 e. The summed E-state index contributed by atoms with van der Waals surface area (Å²) in [6.07, 6.45) is 0. The number of rotatable bonds is 0. The van der Waals surface area contributed by atoms with E-state index in [4.69, 9.17) is 10.00 Å². The first kappa shape index (κ1) is 7.56. The highest BCUT2D eigenvalue weighted by molar-refractivity contribution is 5.10. The first-order chi connectivity index (χ1) is 4.52. The van der Waals surface area contributed by atoms with E-state index in [1.165, 1.54) is 0 Å². The summed E-state index contributed by atoms with van der Waals surface area (Å²) in [7, 11) is 0. The van der Waals surface area contributed by atoms with E-state index >= 15 is 0 Å². The fraction of sp³-hybridized carbons (Fsp3) is 0.875. The van der Waals surface area contributed by atoms with Crippen LogP contribution in [0.3, 0.4) is 0 Å². The van der Waals surface area contributed by atoms with Gasteiger partial charge in [0, 0.05) is 0 Å². The van der Waals surface area contributed by atoms with E-state index in [1.54, 1.807) is 0 Å². The van der Waals surface area contributed by atoms with Gasteiger partial charge in [-0.25, -0.2) is 0 Å². The Bertz CT molecular complexity index is 169. The van der Waals surface area contributed by atoms with Gasteiger partial charge in [0.2, 0.25) is 0 Å². The van der Waals surface area contributed by atoms with Crippen molar-refractivity contribution in [2.45, 2.75) is 20.8 Å². The smallest absolute Gasteiger partial charge is 0.109 e. The van der Waals surface area contributed by atoms with E-state index in [9.17, 15) is 0 Å². The second-order valence-corrected chi connectivity index (χ2v) is 3.94. The summed E-state index contributed by atoms with van der Waals surface area (Å²) < 4.78 is 5.03. The van der Waals surface area contributed by atoms with Crippen LogP contribution in [0.15, 0.2) is 0 Å². The van der Waals surface area contributed by atoms with Crippen LogP contribution in [0.5, 0.6) is 0 Å². The molecule has 0 bridgehead atoms. The van der Waals surface area contributed by atoms with E-state index in [0.29, 0.717) is 13.2 Å². The molecule has 0 amide bonds. The normalized spacial score (nSPS) is 23.0. The van der Waals surface area contributed by atoms with Gasteiger partial charge in [-0.1, -0.05) is 20.8 Å². The molecule has 1 saturated heterocycles. The van der Waals surface area contributed by atoms with E-state index in [1.807, 2.05) is 0 Å². The molecule has 1 aliphatic heterocycles. The van der Waals surface area contributed by atoms with Crippen LogP contribution < -0.4 is 0 Å². The molecular formula is C8H13NO. The third-order valence-electron chi connectivity index (χ3n) is 2.35. The van der Waals surface area contributed by atoms with E-state index in [2.05, 4.69) is 26.8 Å². The van der Waals surface area contributed by atoms with Crippen molar-refractivity contribution in [2.75, 3.05) is 13.2 Å². The van der Waals surface area contributed by atoms with Crippen LogP contribution in [0.4, 0.5) is 0 Å². The minimum absolute atomic E-state index is 0.0556.